The van der Waals surface area contributed by atoms with Gasteiger partial charge in [-0.05, 0) is 38.5 Å². The van der Waals surface area contributed by atoms with Crippen LogP contribution >= 0.6 is 0 Å². The van der Waals surface area contributed by atoms with Gasteiger partial charge in [0.15, 0.2) is 0 Å². The Morgan fingerprint density at radius 1 is 1.21 bits per heavy atom. The van der Waals surface area contributed by atoms with Crippen LogP contribution in [0.2, 0.25) is 0 Å². The number of sulfonamides is 1. The van der Waals surface area contributed by atoms with E-state index in [1.165, 1.54) is 25.3 Å². The van der Waals surface area contributed by atoms with Crippen molar-refractivity contribution in [2.75, 3.05) is 33.3 Å². The molecule has 24 heavy (non-hydrogen) atoms. The van der Waals surface area contributed by atoms with Crippen LogP contribution in [0.3, 0.4) is 0 Å². The van der Waals surface area contributed by atoms with Gasteiger partial charge in [0.05, 0.1) is 17.6 Å². The third-order valence-electron chi connectivity index (χ3n) is 4.28. The first-order valence-corrected chi connectivity index (χ1v) is 9.53. The van der Waals surface area contributed by atoms with Gasteiger partial charge in [-0.3, -0.25) is 9.69 Å². The topological polar surface area (TPSA) is 92.9 Å². The molecule has 0 spiro atoms. The molecule has 0 bridgehead atoms. The Morgan fingerprint density at radius 2 is 1.92 bits per heavy atom. The molecule has 0 unspecified atom stereocenters. The molecule has 1 aliphatic rings. The molecule has 1 heterocycles. The molecule has 0 aromatic heterocycles. The van der Waals surface area contributed by atoms with Crippen molar-refractivity contribution in [3.63, 3.8) is 0 Å². The fraction of sp³-hybridized carbons (Fsp3) is 0.562. The molecule has 7 nitrogen and oxygen atoms in total. The molecule has 1 aromatic rings. The van der Waals surface area contributed by atoms with E-state index in [4.69, 9.17) is 9.88 Å². The van der Waals surface area contributed by atoms with Crippen molar-refractivity contribution < 1.29 is 17.9 Å². The third-order valence-corrected chi connectivity index (χ3v) is 5.19. The van der Waals surface area contributed by atoms with E-state index in [0.717, 1.165) is 19.5 Å². The molecule has 2 N–H and O–H groups in total. The fourth-order valence-electron chi connectivity index (χ4n) is 2.86. The Morgan fingerprint density at radius 3 is 2.50 bits per heavy atom. The fourth-order valence-corrected chi connectivity index (χ4v) is 3.40. The molecule has 8 heteroatoms. The number of hydrogen-bond donors (Lipinski definition) is 1. The van der Waals surface area contributed by atoms with Gasteiger partial charge in [-0.25, -0.2) is 13.6 Å². The molecule has 1 aliphatic heterocycles. The second kappa shape index (κ2) is 7.50. The van der Waals surface area contributed by atoms with Crippen molar-refractivity contribution in [2.45, 2.75) is 31.2 Å². The van der Waals surface area contributed by atoms with Crippen LogP contribution in [-0.4, -0.2) is 63.5 Å². The average molecular weight is 355 g/mol. The molecule has 134 valence electrons. The van der Waals surface area contributed by atoms with Crippen molar-refractivity contribution in [3.05, 3.63) is 23.8 Å². The number of primary sulfonamides is 1. The normalized spacial score (nSPS) is 17.0. The minimum atomic E-state index is -3.88. The molecule has 0 saturated carbocycles. The summed E-state index contributed by atoms with van der Waals surface area (Å²) >= 11 is 0. The summed E-state index contributed by atoms with van der Waals surface area (Å²) in [6, 6.07) is 4.53. The highest BCUT2D eigenvalue weighted by molar-refractivity contribution is 7.89. The quantitative estimate of drug-likeness (QED) is 0.866. The monoisotopic (exact) mass is 355 g/mol. The summed E-state index contributed by atoms with van der Waals surface area (Å²) < 4.78 is 28.3. The summed E-state index contributed by atoms with van der Waals surface area (Å²) in [5.74, 6) is 0.111. The summed E-state index contributed by atoms with van der Waals surface area (Å²) in [4.78, 5) is 16.9. The van der Waals surface area contributed by atoms with Crippen molar-refractivity contribution >= 4 is 15.9 Å². The lowest BCUT2D eigenvalue weighted by molar-refractivity contribution is 0.0755. The summed E-state index contributed by atoms with van der Waals surface area (Å²) in [5.41, 5.74) is 0.224. The Labute approximate surface area is 143 Å². The highest BCUT2D eigenvalue weighted by Crippen LogP contribution is 2.24. The lowest BCUT2D eigenvalue weighted by atomic mass is 10.1. The second-order valence-corrected chi connectivity index (χ2v) is 7.74. The van der Waals surface area contributed by atoms with E-state index in [9.17, 15) is 13.2 Å². The summed E-state index contributed by atoms with van der Waals surface area (Å²) in [5, 5.41) is 5.17. The number of rotatable bonds is 4. The van der Waals surface area contributed by atoms with Crippen LogP contribution in [0.25, 0.3) is 0 Å². The molecule has 1 aromatic carbocycles. The number of benzene rings is 1. The first-order chi connectivity index (χ1) is 11.2. The van der Waals surface area contributed by atoms with Crippen LogP contribution in [0, 0.1) is 0 Å². The van der Waals surface area contributed by atoms with E-state index in [2.05, 4.69) is 18.7 Å². The van der Waals surface area contributed by atoms with E-state index in [1.54, 1.807) is 4.90 Å². The molecule has 0 radical (unpaired) electrons. The molecule has 0 atom stereocenters. The minimum absolute atomic E-state index is 0.0923. The lowest BCUT2D eigenvalue weighted by Crippen LogP contribution is -2.37. The highest BCUT2D eigenvalue weighted by atomic mass is 32.2. The van der Waals surface area contributed by atoms with Crippen molar-refractivity contribution in [1.82, 2.24) is 9.80 Å². The van der Waals surface area contributed by atoms with Crippen LogP contribution in [-0.2, 0) is 10.0 Å². The van der Waals surface area contributed by atoms with Gasteiger partial charge < -0.3 is 9.64 Å². The number of amides is 1. The van der Waals surface area contributed by atoms with Gasteiger partial charge in [-0.2, -0.15) is 0 Å². The van der Waals surface area contributed by atoms with Crippen LogP contribution < -0.4 is 9.88 Å². The summed E-state index contributed by atoms with van der Waals surface area (Å²) in [6.07, 6.45) is 0.876. The maximum absolute atomic E-state index is 12.9. The number of methoxy groups -OCH3 is 1. The summed E-state index contributed by atoms with van der Waals surface area (Å²) in [6.45, 7) is 7.23. The number of nitrogens with two attached hydrogens (primary N) is 1. The van der Waals surface area contributed by atoms with E-state index in [-0.39, 0.29) is 16.4 Å². The SMILES string of the molecule is COc1ccc(S(N)(=O)=O)cc1C(=O)N1CCCN(C(C)C)CC1. The number of carbonyl (C=O) groups is 1. The lowest BCUT2D eigenvalue weighted by Gasteiger charge is -2.25. The average Bonchev–Trinajstić information content (AvgIpc) is 2.78. The minimum Gasteiger partial charge on any atom is -0.496 e. The van der Waals surface area contributed by atoms with Crippen molar-refractivity contribution in [2.24, 2.45) is 5.14 Å². The predicted octanol–water partition coefficient (Wildman–Crippen LogP) is 0.899. The maximum Gasteiger partial charge on any atom is 0.257 e. The molecule has 2 rings (SSSR count). The van der Waals surface area contributed by atoms with Crippen molar-refractivity contribution in [3.8, 4) is 5.75 Å². The zero-order valence-corrected chi connectivity index (χ0v) is 15.2. The smallest absolute Gasteiger partial charge is 0.257 e. The van der Waals surface area contributed by atoms with Gasteiger partial charge in [0.2, 0.25) is 10.0 Å². The molecule has 0 aliphatic carbocycles. The van der Waals surface area contributed by atoms with Crippen molar-refractivity contribution in [1.29, 1.82) is 0 Å². The summed E-state index contributed by atoms with van der Waals surface area (Å²) in [7, 11) is -2.43. The van der Waals surface area contributed by atoms with Gasteiger partial charge in [-0.1, -0.05) is 0 Å². The molecular weight excluding hydrogens is 330 g/mol. The third kappa shape index (κ3) is 4.25. The standard InChI is InChI=1S/C16H25N3O4S/c1-12(2)18-7-4-8-19(10-9-18)16(20)14-11-13(24(17,21)22)5-6-15(14)23-3/h5-6,11-12H,4,7-10H2,1-3H3,(H2,17,21,22). The Hall–Kier alpha value is -1.64. The Kier molecular flexibility index (Phi) is 5.84. The maximum atomic E-state index is 12.9. The molecule has 1 amide bonds. The van der Waals surface area contributed by atoms with E-state index >= 15 is 0 Å². The van der Waals surface area contributed by atoms with Crippen LogP contribution in [0.5, 0.6) is 5.75 Å². The van der Waals surface area contributed by atoms with Crippen LogP contribution in [0.1, 0.15) is 30.6 Å². The number of ether oxygens (including phenoxy) is 1. The Bertz CT molecular complexity index is 703. The molecular formula is C16H25N3O4S. The predicted molar refractivity (Wildman–Crippen MR) is 91.6 cm³/mol. The van der Waals surface area contributed by atoms with E-state index < -0.39 is 10.0 Å². The van der Waals surface area contributed by atoms with Gasteiger partial charge >= 0.3 is 0 Å². The first-order valence-electron chi connectivity index (χ1n) is 7.98. The van der Waals surface area contributed by atoms with Gasteiger partial charge in [-0.15, -0.1) is 0 Å². The van der Waals surface area contributed by atoms with Gasteiger partial charge in [0.1, 0.15) is 5.75 Å². The van der Waals surface area contributed by atoms with Gasteiger partial charge in [0.25, 0.3) is 5.91 Å². The zero-order valence-electron chi connectivity index (χ0n) is 14.4. The van der Waals surface area contributed by atoms with E-state index in [0.29, 0.717) is 24.9 Å². The Balaban J connectivity index is 2.28. The second-order valence-electron chi connectivity index (χ2n) is 6.18. The van der Waals surface area contributed by atoms with Gasteiger partial charge in [0, 0.05) is 32.2 Å². The van der Waals surface area contributed by atoms with Crippen LogP contribution in [0.4, 0.5) is 0 Å². The zero-order chi connectivity index (χ0) is 17.9. The number of hydrogen-bond acceptors (Lipinski definition) is 5. The number of carbonyl (C=O) groups excluding carboxylic acids is 1. The number of nitrogens with zero attached hydrogens (tertiary/aromatic N) is 2. The molecule has 1 saturated heterocycles. The molecule has 1 fully saturated rings. The largest absolute Gasteiger partial charge is 0.496 e. The first kappa shape index (κ1) is 18.7. The van der Waals surface area contributed by atoms with Crippen LogP contribution in [0.15, 0.2) is 23.1 Å². The van der Waals surface area contributed by atoms with E-state index in [1.807, 2.05) is 0 Å². The highest BCUT2D eigenvalue weighted by Gasteiger charge is 2.25.